The van der Waals surface area contributed by atoms with Crippen LogP contribution in [0.15, 0.2) is 53.4 Å². The van der Waals surface area contributed by atoms with Gasteiger partial charge in [-0.05, 0) is 48.7 Å². The smallest absolute Gasteiger partial charge is 0.395 e. The highest BCUT2D eigenvalue weighted by Gasteiger charge is 2.43. The molecule has 1 aliphatic carbocycles. The van der Waals surface area contributed by atoms with Crippen molar-refractivity contribution in [1.29, 1.82) is 0 Å². The largest absolute Gasteiger partial charge is 0.586 e. The van der Waals surface area contributed by atoms with E-state index in [2.05, 4.69) is 19.5 Å². The van der Waals surface area contributed by atoms with Crippen molar-refractivity contribution < 1.29 is 31.5 Å². The van der Waals surface area contributed by atoms with Crippen LogP contribution in [-0.4, -0.2) is 26.7 Å². The molecule has 1 amide bonds. The van der Waals surface area contributed by atoms with Gasteiger partial charge in [0.25, 0.3) is 0 Å². The highest BCUT2D eigenvalue weighted by Crippen LogP contribution is 2.42. The van der Waals surface area contributed by atoms with E-state index < -0.39 is 22.2 Å². The minimum absolute atomic E-state index is 0.0191. The number of ether oxygens (including phenoxy) is 2. The Morgan fingerprint density at radius 1 is 1.07 bits per heavy atom. The first kappa shape index (κ1) is 19.3. The molecule has 1 aliphatic heterocycles. The predicted molar refractivity (Wildman–Crippen MR) is 100 cm³/mol. The van der Waals surface area contributed by atoms with Gasteiger partial charge in [-0.25, -0.2) is 13.1 Å². The van der Waals surface area contributed by atoms with Gasteiger partial charge in [-0.1, -0.05) is 12.1 Å². The van der Waals surface area contributed by atoms with Crippen molar-refractivity contribution in [3.8, 4) is 11.5 Å². The molecule has 0 aromatic heterocycles. The number of benzene rings is 2. The Kier molecular flexibility index (Phi) is 4.75. The molecule has 0 radical (unpaired) electrons. The summed E-state index contributed by atoms with van der Waals surface area (Å²) in [6.45, 7) is 0. The lowest BCUT2D eigenvalue weighted by Gasteiger charge is -2.05. The highest BCUT2D eigenvalue weighted by atomic mass is 32.2. The average Bonchev–Trinajstić information content (AvgIpc) is 3.39. The maximum atomic E-state index is 13.0. The monoisotopic (exact) mass is 422 g/mol. The number of fused-ring (bicyclic) bond motifs is 1. The van der Waals surface area contributed by atoms with Crippen LogP contribution in [0.3, 0.4) is 0 Å². The molecule has 0 spiro atoms. The Balaban J connectivity index is 1.37. The fourth-order valence-electron chi connectivity index (χ4n) is 2.63. The first-order valence-corrected chi connectivity index (χ1v) is 10.2. The van der Waals surface area contributed by atoms with Crippen molar-refractivity contribution in [1.82, 2.24) is 4.72 Å². The van der Waals surface area contributed by atoms with Gasteiger partial charge in [0, 0.05) is 23.9 Å². The zero-order chi connectivity index (χ0) is 20.6. The molecule has 2 aliphatic rings. The molecule has 1 heterocycles. The maximum absolute atomic E-state index is 13.0. The van der Waals surface area contributed by atoms with E-state index in [1.54, 1.807) is 12.1 Å². The molecule has 7 nitrogen and oxygen atoms in total. The SMILES string of the molecule is O=C(/C=C/c1ccc(S(=O)(=O)NC2CC2)cc1)Nc1ccc2c(c1)OC(F)(F)O2. The predicted octanol–water partition coefficient (Wildman–Crippen LogP) is 3.10. The molecule has 1 saturated carbocycles. The lowest BCUT2D eigenvalue weighted by Crippen LogP contribution is -2.25. The summed E-state index contributed by atoms with van der Waals surface area (Å²) in [5, 5.41) is 2.52. The van der Waals surface area contributed by atoms with Crippen molar-refractivity contribution in [3.63, 3.8) is 0 Å². The summed E-state index contributed by atoms with van der Waals surface area (Å²) in [6, 6.07) is 9.99. The highest BCUT2D eigenvalue weighted by molar-refractivity contribution is 7.89. The van der Waals surface area contributed by atoms with Gasteiger partial charge in [0.05, 0.1) is 4.90 Å². The molecule has 4 rings (SSSR count). The second-order valence-electron chi connectivity index (χ2n) is 6.62. The van der Waals surface area contributed by atoms with E-state index in [1.165, 1.54) is 42.5 Å². The lowest BCUT2D eigenvalue weighted by atomic mass is 10.2. The number of hydrogen-bond acceptors (Lipinski definition) is 5. The fraction of sp³-hybridized carbons (Fsp3) is 0.211. The Bertz CT molecular complexity index is 1080. The van der Waals surface area contributed by atoms with Crippen molar-refractivity contribution in [2.24, 2.45) is 0 Å². The van der Waals surface area contributed by atoms with Gasteiger partial charge in [-0.15, -0.1) is 8.78 Å². The van der Waals surface area contributed by atoms with Gasteiger partial charge >= 0.3 is 6.29 Å². The number of amides is 1. The van der Waals surface area contributed by atoms with Crippen LogP contribution in [0.4, 0.5) is 14.5 Å². The minimum atomic E-state index is -3.72. The molecule has 0 bridgehead atoms. The van der Waals surface area contributed by atoms with Crippen LogP contribution in [0.1, 0.15) is 18.4 Å². The van der Waals surface area contributed by atoms with Gasteiger partial charge in [0.1, 0.15) is 0 Å². The second kappa shape index (κ2) is 7.12. The Morgan fingerprint density at radius 3 is 2.45 bits per heavy atom. The summed E-state index contributed by atoms with van der Waals surface area (Å²) < 4.78 is 61.5. The van der Waals surface area contributed by atoms with Crippen LogP contribution >= 0.6 is 0 Å². The van der Waals surface area contributed by atoms with Crippen LogP contribution < -0.4 is 19.5 Å². The summed E-state index contributed by atoms with van der Waals surface area (Å²) in [6.07, 6.45) is 0.715. The van der Waals surface area contributed by atoms with Gasteiger partial charge in [-0.3, -0.25) is 4.79 Å². The normalized spacial score (nSPS) is 17.4. The molecule has 29 heavy (non-hydrogen) atoms. The van der Waals surface area contributed by atoms with Crippen molar-refractivity contribution in [2.45, 2.75) is 30.1 Å². The quantitative estimate of drug-likeness (QED) is 0.698. The zero-order valence-corrected chi connectivity index (χ0v) is 15.7. The van der Waals surface area contributed by atoms with Crippen LogP contribution in [-0.2, 0) is 14.8 Å². The third kappa shape index (κ3) is 4.72. The zero-order valence-electron chi connectivity index (χ0n) is 14.9. The summed E-state index contributed by atoms with van der Waals surface area (Å²) in [5.74, 6) is -0.786. The third-order valence-electron chi connectivity index (χ3n) is 4.19. The third-order valence-corrected chi connectivity index (χ3v) is 5.72. The molecular formula is C19H16F2N2O5S. The number of halogens is 2. The van der Waals surface area contributed by atoms with E-state index >= 15 is 0 Å². The average molecular weight is 422 g/mol. The number of rotatable bonds is 6. The molecule has 10 heteroatoms. The van der Waals surface area contributed by atoms with Crippen LogP contribution in [0.2, 0.25) is 0 Å². The number of hydrogen-bond donors (Lipinski definition) is 2. The summed E-state index contributed by atoms with van der Waals surface area (Å²) in [5.41, 5.74) is 0.878. The minimum Gasteiger partial charge on any atom is -0.395 e. The molecule has 1 fully saturated rings. The van der Waals surface area contributed by atoms with Crippen molar-refractivity contribution in [2.75, 3.05) is 5.32 Å². The van der Waals surface area contributed by atoms with Gasteiger partial charge < -0.3 is 14.8 Å². The summed E-state index contributed by atoms with van der Waals surface area (Å²) >= 11 is 0. The number of carbonyl (C=O) groups excluding carboxylic acids is 1. The standard InChI is InChI=1S/C19H16F2N2O5S/c20-19(21)27-16-9-6-14(11-17(16)28-19)22-18(24)10-3-12-1-7-15(8-2-12)29(25,26)23-13-4-5-13/h1-3,6-11,13,23H,4-5H2,(H,22,24)/b10-3+. The van der Waals surface area contributed by atoms with Crippen LogP contribution in [0, 0.1) is 0 Å². The molecule has 2 aromatic carbocycles. The fourth-order valence-corrected chi connectivity index (χ4v) is 3.93. The van der Waals surface area contributed by atoms with E-state index in [9.17, 15) is 22.0 Å². The lowest BCUT2D eigenvalue weighted by molar-refractivity contribution is -0.286. The maximum Gasteiger partial charge on any atom is 0.586 e. The number of sulfonamides is 1. The van der Waals surface area contributed by atoms with E-state index in [0.29, 0.717) is 5.56 Å². The number of nitrogens with one attached hydrogen (secondary N) is 2. The molecule has 2 N–H and O–H groups in total. The van der Waals surface area contributed by atoms with Gasteiger partial charge in [0.2, 0.25) is 15.9 Å². The van der Waals surface area contributed by atoms with E-state index in [4.69, 9.17) is 0 Å². The van der Waals surface area contributed by atoms with Gasteiger partial charge in [0.15, 0.2) is 11.5 Å². The summed E-state index contributed by atoms with van der Waals surface area (Å²) in [7, 11) is -3.53. The second-order valence-corrected chi connectivity index (χ2v) is 8.33. The molecule has 152 valence electrons. The van der Waals surface area contributed by atoms with E-state index in [0.717, 1.165) is 12.8 Å². The molecule has 2 aromatic rings. The van der Waals surface area contributed by atoms with Gasteiger partial charge in [-0.2, -0.15) is 0 Å². The molecule has 0 atom stereocenters. The molecule has 0 saturated heterocycles. The van der Waals surface area contributed by atoms with Crippen LogP contribution in [0.5, 0.6) is 11.5 Å². The Hall–Kier alpha value is -2.98. The number of alkyl halides is 2. The summed E-state index contributed by atoms with van der Waals surface area (Å²) in [4.78, 5) is 12.2. The van der Waals surface area contributed by atoms with Crippen LogP contribution in [0.25, 0.3) is 6.08 Å². The Morgan fingerprint density at radius 2 is 1.76 bits per heavy atom. The molecule has 0 unspecified atom stereocenters. The topological polar surface area (TPSA) is 93.7 Å². The van der Waals surface area contributed by atoms with Crippen molar-refractivity contribution >= 4 is 27.7 Å². The Labute approximate surface area is 165 Å². The first-order valence-electron chi connectivity index (χ1n) is 8.72. The van der Waals surface area contributed by atoms with E-state index in [1.807, 2.05) is 0 Å². The number of anilines is 1. The number of carbonyl (C=O) groups is 1. The molecular weight excluding hydrogens is 406 g/mol. The van der Waals surface area contributed by atoms with Crippen molar-refractivity contribution in [3.05, 3.63) is 54.1 Å². The van der Waals surface area contributed by atoms with E-state index in [-0.39, 0.29) is 28.1 Å². The first-order chi connectivity index (χ1) is 13.7.